The average Bonchev–Trinajstić information content (AvgIpc) is 2.43. The summed E-state index contributed by atoms with van der Waals surface area (Å²) < 4.78 is 0. The van der Waals surface area contributed by atoms with Crippen LogP contribution in [-0.2, 0) is 6.42 Å². The first kappa shape index (κ1) is 12.8. The van der Waals surface area contributed by atoms with E-state index in [4.69, 9.17) is 0 Å². The molecule has 2 atom stereocenters. The Labute approximate surface area is 114 Å². The van der Waals surface area contributed by atoms with Crippen LogP contribution in [0.25, 0.3) is 0 Å². The van der Waals surface area contributed by atoms with Crippen LogP contribution in [0.4, 0.5) is 0 Å². The molecule has 19 heavy (non-hydrogen) atoms. The molecule has 0 unspecified atom stereocenters. The van der Waals surface area contributed by atoms with E-state index >= 15 is 0 Å². The predicted octanol–water partition coefficient (Wildman–Crippen LogP) is 3.00. The molecule has 1 heterocycles. The highest BCUT2D eigenvalue weighted by Crippen LogP contribution is 2.45. The van der Waals surface area contributed by atoms with Crippen molar-refractivity contribution in [2.45, 2.75) is 51.0 Å². The molecule has 0 saturated carbocycles. The normalized spacial score (nSPS) is 26.8. The lowest BCUT2D eigenvalue weighted by Crippen LogP contribution is -2.46. The maximum absolute atomic E-state index is 10.0. The van der Waals surface area contributed by atoms with Gasteiger partial charge >= 0.3 is 0 Å². The minimum Gasteiger partial charge on any atom is -0.504 e. The van der Waals surface area contributed by atoms with Gasteiger partial charge in [-0.05, 0) is 62.7 Å². The van der Waals surface area contributed by atoms with E-state index in [1.165, 1.54) is 37.9 Å². The standard InChI is InChI=1S/C16H23NO2/c1-2-9-17-10-3-4-12-11-6-8-15(18)16(19)13(11)5-7-14(12)17/h6,8,12,14,18-19H,2-5,7,9-10H2,1H3/t12-,14-/m1/s1. The lowest BCUT2D eigenvalue weighted by Gasteiger charge is -2.45. The molecule has 3 heteroatoms. The van der Waals surface area contributed by atoms with E-state index in [1.54, 1.807) is 6.07 Å². The maximum Gasteiger partial charge on any atom is 0.160 e. The lowest BCUT2D eigenvalue weighted by atomic mass is 9.74. The van der Waals surface area contributed by atoms with Gasteiger partial charge in [-0.15, -0.1) is 0 Å². The number of hydrogen-bond donors (Lipinski definition) is 2. The number of rotatable bonds is 2. The van der Waals surface area contributed by atoms with Gasteiger partial charge in [-0.3, -0.25) is 4.90 Å². The van der Waals surface area contributed by atoms with Crippen molar-refractivity contribution >= 4 is 0 Å². The van der Waals surface area contributed by atoms with Crippen LogP contribution in [0.2, 0.25) is 0 Å². The highest BCUT2D eigenvalue weighted by molar-refractivity contribution is 5.51. The summed E-state index contributed by atoms with van der Waals surface area (Å²) in [7, 11) is 0. The van der Waals surface area contributed by atoms with E-state index in [-0.39, 0.29) is 11.5 Å². The van der Waals surface area contributed by atoms with Gasteiger partial charge in [-0.1, -0.05) is 13.0 Å². The van der Waals surface area contributed by atoms with Gasteiger partial charge in [-0.2, -0.15) is 0 Å². The van der Waals surface area contributed by atoms with Crippen molar-refractivity contribution < 1.29 is 10.2 Å². The quantitative estimate of drug-likeness (QED) is 0.804. The zero-order valence-electron chi connectivity index (χ0n) is 11.6. The zero-order chi connectivity index (χ0) is 13.4. The van der Waals surface area contributed by atoms with Crippen molar-refractivity contribution in [3.05, 3.63) is 23.3 Å². The Balaban J connectivity index is 1.94. The second kappa shape index (κ2) is 5.04. The summed E-state index contributed by atoms with van der Waals surface area (Å²) in [5.41, 5.74) is 2.26. The molecule has 1 aromatic rings. The number of fused-ring (bicyclic) bond motifs is 3. The molecule has 0 amide bonds. The molecular formula is C16H23NO2. The van der Waals surface area contributed by atoms with E-state index in [9.17, 15) is 10.2 Å². The summed E-state index contributed by atoms with van der Waals surface area (Å²) >= 11 is 0. The van der Waals surface area contributed by atoms with Crippen molar-refractivity contribution in [1.29, 1.82) is 0 Å². The molecule has 3 nitrogen and oxygen atoms in total. The molecule has 0 bridgehead atoms. The molecule has 0 spiro atoms. The molecule has 2 N–H and O–H groups in total. The van der Waals surface area contributed by atoms with Gasteiger partial charge in [0.1, 0.15) is 0 Å². The monoisotopic (exact) mass is 261 g/mol. The van der Waals surface area contributed by atoms with Crippen LogP contribution in [0.1, 0.15) is 49.7 Å². The molecule has 1 aromatic carbocycles. The van der Waals surface area contributed by atoms with E-state index in [0.717, 1.165) is 18.4 Å². The smallest absolute Gasteiger partial charge is 0.160 e. The largest absolute Gasteiger partial charge is 0.504 e. The van der Waals surface area contributed by atoms with Crippen molar-refractivity contribution in [3.8, 4) is 11.5 Å². The molecule has 0 radical (unpaired) electrons. The molecule has 3 rings (SSSR count). The third-order valence-corrected chi connectivity index (χ3v) is 4.79. The van der Waals surface area contributed by atoms with Gasteiger partial charge in [0.05, 0.1) is 0 Å². The first-order valence-electron chi connectivity index (χ1n) is 7.50. The summed E-state index contributed by atoms with van der Waals surface area (Å²) in [6.07, 6.45) is 5.65. The zero-order valence-corrected chi connectivity index (χ0v) is 11.6. The Bertz CT molecular complexity index is 470. The van der Waals surface area contributed by atoms with Crippen LogP contribution < -0.4 is 0 Å². The highest BCUT2D eigenvalue weighted by atomic mass is 16.3. The Morgan fingerprint density at radius 3 is 2.89 bits per heavy atom. The molecule has 104 valence electrons. The van der Waals surface area contributed by atoms with Gasteiger partial charge in [0, 0.05) is 11.6 Å². The second-order valence-electron chi connectivity index (χ2n) is 5.89. The van der Waals surface area contributed by atoms with Crippen LogP contribution in [0.5, 0.6) is 11.5 Å². The molecule has 0 aromatic heterocycles. The fraction of sp³-hybridized carbons (Fsp3) is 0.625. The SMILES string of the molecule is CCCN1CCC[C@@H]2c3ccc(O)c(O)c3CC[C@H]21. The Morgan fingerprint density at radius 2 is 2.11 bits per heavy atom. The fourth-order valence-electron chi connectivity index (χ4n) is 3.98. The van der Waals surface area contributed by atoms with Crippen molar-refractivity contribution in [1.82, 2.24) is 4.90 Å². The number of piperidine rings is 1. The van der Waals surface area contributed by atoms with Crippen LogP contribution in [0.15, 0.2) is 12.1 Å². The summed E-state index contributed by atoms with van der Waals surface area (Å²) in [6.45, 7) is 4.64. The molecule has 2 aliphatic rings. The lowest BCUT2D eigenvalue weighted by molar-refractivity contribution is 0.112. The van der Waals surface area contributed by atoms with Crippen LogP contribution in [0, 0.1) is 0 Å². The van der Waals surface area contributed by atoms with Gasteiger partial charge < -0.3 is 10.2 Å². The van der Waals surface area contributed by atoms with E-state index in [1.807, 2.05) is 6.07 Å². The van der Waals surface area contributed by atoms with Gasteiger partial charge in [-0.25, -0.2) is 0 Å². The predicted molar refractivity (Wildman–Crippen MR) is 75.7 cm³/mol. The van der Waals surface area contributed by atoms with Crippen LogP contribution in [0.3, 0.4) is 0 Å². The van der Waals surface area contributed by atoms with Gasteiger partial charge in [0.15, 0.2) is 11.5 Å². The third-order valence-electron chi connectivity index (χ3n) is 4.79. The first-order chi connectivity index (χ1) is 9.22. The van der Waals surface area contributed by atoms with Crippen molar-refractivity contribution in [3.63, 3.8) is 0 Å². The molecule has 1 saturated heterocycles. The molecule has 1 aliphatic heterocycles. The van der Waals surface area contributed by atoms with Crippen LogP contribution >= 0.6 is 0 Å². The topological polar surface area (TPSA) is 43.7 Å². The molecule has 1 aliphatic carbocycles. The average molecular weight is 261 g/mol. The molecular weight excluding hydrogens is 238 g/mol. The number of nitrogens with zero attached hydrogens (tertiary/aromatic N) is 1. The summed E-state index contributed by atoms with van der Waals surface area (Å²) in [5, 5.41) is 19.7. The number of phenolic OH excluding ortho intramolecular Hbond substituents is 2. The number of likely N-dealkylation sites (tertiary alicyclic amines) is 1. The van der Waals surface area contributed by atoms with Crippen molar-refractivity contribution in [2.24, 2.45) is 0 Å². The number of aromatic hydroxyl groups is 2. The fourth-order valence-corrected chi connectivity index (χ4v) is 3.98. The van der Waals surface area contributed by atoms with E-state index in [2.05, 4.69) is 11.8 Å². The Kier molecular flexibility index (Phi) is 3.40. The van der Waals surface area contributed by atoms with Gasteiger partial charge in [0.2, 0.25) is 0 Å². The van der Waals surface area contributed by atoms with Crippen molar-refractivity contribution in [2.75, 3.05) is 13.1 Å². The summed E-state index contributed by atoms with van der Waals surface area (Å²) in [6, 6.07) is 4.30. The number of hydrogen-bond acceptors (Lipinski definition) is 3. The second-order valence-corrected chi connectivity index (χ2v) is 5.89. The van der Waals surface area contributed by atoms with Gasteiger partial charge in [0.25, 0.3) is 0 Å². The Morgan fingerprint density at radius 1 is 1.26 bits per heavy atom. The minimum absolute atomic E-state index is 0.0263. The van der Waals surface area contributed by atoms with E-state index in [0.29, 0.717) is 12.0 Å². The Hall–Kier alpha value is -1.22. The summed E-state index contributed by atoms with van der Waals surface area (Å²) in [4.78, 5) is 2.63. The maximum atomic E-state index is 10.0. The summed E-state index contributed by atoms with van der Waals surface area (Å²) in [5.74, 6) is 0.678. The van der Waals surface area contributed by atoms with Crippen LogP contribution in [-0.4, -0.2) is 34.2 Å². The first-order valence-corrected chi connectivity index (χ1v) is 7.50. The highest BCUT2D eigenvalue weighted by Gasteiger charge is 2.37. The number of phenols is 2. The van der Waals surface area contributed by atoms with E-state index < -0.39 is 0 Å². The number of benzene rings is 1. The third kappa shape index (κ3) is 2.10. The molecule has 1 fully saturated rings. The minimum atomic E-state index is 0.0263.